The van der Waals surface area contributed by atoms with E-state index in [0.717, 1.165) is 0 Å². The minimum Gasteiger partial charge on any atom is -0.435 e. The van der Waals surface area contributed by atoms with Crippen molar-refractivity contribution >= 4 is 24.0 Å². The zero-order valence-electron chi connectivity index (χ0n) is 9.73. The molecule has 0 bridgehead atoms. The molecule has 102 valence electrons. The van der Waals surface area contributed by atoms with Gasteiger partial charge in [0.15, 0.2) is 0 Å². The molecule has 1 amide bonds. The molecule has 0 heterocycles. The molecule has 0 aliphatic heterocycles. The average Bonchev–Trinajstić information content (AvgIpc) is 2.18. The van der Waals surface area contributed by atoms with Crippen molar-refractivity contribution in [2.45, 2.75) is 26.0 Å². The quantitative estimate of drug-likeness (QED) is 0.870. The fourth-order valence-electron chi connectivity index (χ4n) is 1.22. The molecule has 0 saturated carbocycles. The highest BCUT2D eigenvalue weighted by atomic mass is 35.5. The summed E-state index contributed by atoms with van der Waals surface area (Å²) in [5, 5.41) is 2.59. The number of nitrogens with one attached hydrogen (secondary N) is 1. The van der Waals surface area contributed by atoms with Crippen LogP contribution in [0.3, 0.4) is 0 Å². The Bertz CT molecular complexity index is 372. The number of hydrogen-bond donors (Lipinski definition) is 2. The van der Waals surface area contributed by atoms with E-state index < -0.39 is 6.61 Å². The van der Waals surface area contributed by atoms with Crippen molar-refractivity contribution in [3.8, 4) is 5.75 Å². The number of rotatable bonds is 5. The molecule has 1 aromatic carbocycles. The third kappa shape index (κ3) is 6.36. The van der Waals surface area contributed by atoms with Gasteiger partial charge in [0.05, 0.1) is 0 Å². The van der Waals surface area contributed by atoms with Gasteiger partial charge in [-0.1, -0.05) is 0 Å². The van der Waals surface area contributed by atoms with E-state index in [0.29, 0.717) is 5.69 Å². The topological polar surface area (TPSA) is 64.4 Å². The highest BCUT2D eigenvalue weighted by Crippen LogP contribution is 2.17. The van der Waals surface area contributed by atoms with Crippen molar-refractivity contribution in [3.05, 3.63) is 24.3 Å². The van der Waals surface area contributed by atoms with Crippen molar-refractivity contribution in [1.29, 1.82) is 0 Å². The lowest BCUT2D eigenvalue weighted by Crippen LogP contribution is -2.23. The van der Waals surface area contributed by atoms with Gasteiger partial charge in [-0.25, -0.2) is 0 Å². The fourth-order valence-corrected chi connectivity index (χ4v) is 1.22. The van der Waals surface area contributed by atoms with Crippen LogP contribution < -0.4 is 15.8 Å². The van der Waals surface area contributed by atoms with Crippen LogP contribution in [0, 0.1) is 0 Å². The lowest BCUT2D eigenvalue weighted by atomic mass is 10.2. The molecule has 4 nitrogen and oxygen atoms in total. The molecule has 0 aliphatic carbocycles. The molecule has 1 atom stereocenters. The summed E-state index contributed by atoms with van der Waals surface area (Å²) in [7, 11) is 0. The van der Waals surface area contributed by atoms with Gasteiger partial charge in [-0.05, 0) is 31.2 Å². The molecule has 3 N–H and O–H groups in total. The molecule has 18 heavy (non-hydrogen) atoms. The fraction of sp³-hybridized carbons (Fsp3) is 0.364. The first-order valence-corrected chi connectivity index (χ1v) is 5.07. The molecular weight excluding hydrogens is 266 g/mol. The molecule has 0 saturated heterocycles. The number of anilines is 1. The van der Waals surface area contributed by atoms with Gasteiger partial charge in [0.1, 0.15) is 5.75 Å². The Morgan fingerprint density at radius 1 is 1.39 bits per heavy atom. The van der Waals surface area contributed by atoms with Gasteiger partial charge in [0.2, 0.25) is 5.91 Å². The molecule has 7 heteroatoms. The molecule has 0 spiro atoms. The van der Waals surface area contributed by atoms with Gasteiger partial charge in [0, 0.05) is 18.2 Å². The SMILES string of the molecule is CC(N)CC(=O)Nc1ccc(OC(F)F)cc1.Cl. The van der Waals surface area contributed by atoms with Crippen LogP contribution in [0.1, 0.15) is 13.3 Å². The molecule has 0 fully saturated rings. The summed E-state index contributed by atoms with van der Waals surface area (Å²) in [5.41, 5.74) is 5.97. The van der Waals surface area contributed by atoms with Gasteiger partial charge in [-0.2, -0.15) is 8.78 Å². The summed E-state index contributed by atoms with van der Waals surface area (Å²) in [5.74, 6) is -0.173. The number of ether oxygens (including phenoxy) is 1. The minimum atomic E-state index is -2.85. The third-order valence-corrected chi connectivity index (χ3v) is 1.87. The zero-order chi connectivity index (χ0) is 12.8. The highest BCUT2D eigenvalue weighted by Gasteiger charge is 2.07. The van der Waals surface area contributed by atoms with Crippen LogP contribution in [0.5, 0.6) is 5.75 Å². The summed E-state index contributed by atoms with van der Waals surface area (Å²) >= 11 is 0. The van der Waals surface area contributed by atoms with E-state index >= 15 is 0 Å². The first-order chi connectivity index (χ1) is 7.97. The van der Waals surface area contributed by atoms with Gasteiger partial charge in [0.25, 0.3) is 0 Å². The highest BCUT2D eigenvalue weighted by molar-refractivity contribution is 5.91. The first-order valence-electron chi connectivity index (χ1n) is 5.07. The van der Waals surface area contributed by atoms with E-state index in [1.54, 1.807) is 6.92 Å². The number of benzene rings is 1. The summed E-state index contributed by atoms with van der Waals surface area (Å²) < 4.78 is 27.9. The Balaban J connectivity index is 0.00000289. The van der Waals surface area contributed by atoms with Gasteiger partial charge in [-0.15, -0.1) is 12.4 Å². The Kier molecular flexibility index (Phi) is 7.23. The van der Waals surface area contributed by atoms with E-state index in [4.69, 9.17) is 5.73 Å². The van der Waals surface area contributed by atoms with Gasteiger partial charge < -0.3 is 15.8 Å². The van der Waals surface area contributed by atoms with E-state index in [9.17, 15) is 13.6 Å². The largest absolute Gasteiger partial charge is 0.435 e. The Labute approximate surface area is 110 Å². The molecule has 1 rings (SSSR count). The van der Waals surface area contributed by atoms with E-state index in [2.05, 4.69) is 10.1 Å². The van der Waals surface area contributed by atoms with Crippen molar-refractivity contribution < 1.29 is 18.3 Å². The van der Waals surface area contributed by atoms with Crippen molar-refractivity contribution in [2.24, 2.45) is 5.73 Å². The molecule has 0 aromatic heterocycles. The van der Waals surface area contributed by atoms with Crippen molar-refractivity contribution in [3.63, 3.8) is 0 Å². The van der Waals surface area contributed by atoms with Crippen LogP contribution >= 0.6 is 12.4 Å². The average molecular weight is 281 g/mol. The summed E-state index contributed by atoms with van der Waals surface area (Å²) in [6.07, 6.45) is 0.204. The number of halogens is 3. The second kappa shape index (κ2) is 7.84. The maximum Gasteiger partial charge on any atom is 0.387 e. The molecule has 0 radical (unpaired) electrons. The third-order valence-electron chi connectivity index (χ3n) is 1.87. The van der Waals surface area contributed by atoms with E-state index in [-0.39, 0.29) is 36.5 Å². The number of nitrogens with two attached hydrogens (primary N) is 1. The monoisotopic (exact) mass is 280 g/mol. The van der Waals surface area contributed by atoms with Crippen LogP contribution in [-0.2, 0) is 4.79 Å². The number of hydrogen-bond acceptors (Lipinski definition) is 3. The normalized spacial score (nSPS) is 11.6. The second-order valence-electron chi connectivity index (χ2n) is 3.63. The maximum atomic E-state index is 11.9. The second-order valence-corrected chi connectivity index (χ2v) is 3.63. The smallest absolute Gasteiger partial charge is 0.387 e. The predicted octanol–water partition coefficient (Wildman–Crippen LogP) is 2.39. The number of carbonyl (C=O) groups excluding carboxylic acids is 1. The summed E-state index contributed by atoms with van der Waals surface area (Å²) in [6, 6.07) is 5.45. The molecule has 1 aromatic rings. The summed E-state index contributed by atoms with van der Waals surface area (Å²) in [4.78, 5) is 11.3. The summed E-state index contributed by atoms with van der Waals surface area (Å²) in [6.45, 7) is -1.13. The Morgan fingerprint density at radius 2 is 1.94 bits per heavy atom. The van der Waals surface area contributed by atoms with Gasteiger partial charge in [-0.3, -0.25) is 4.79 Å². The Hall–Kier alpha value is -1.40. The lowest BCUT2D eigenvalue weighted by Gasteiger charge is -2.08. The van der Waals surface area contributed by atoms with Crippen LogP contribution in [0.2, 0.25) is 0 Å². The van der Waals surface area contributed by atoms with Crippen LogP contribution in [-0.4, -0.2) is 18.6 Å². The van der Waals surface area contributed by atoms with Crippen molar-refractivity contribution in [2.75, 3.05) is 5.32 Å². The standard InChI is InChI=1S/C11H14F2N2O2.ClH/c1-7(14)6-10(16)15-8-2-4-9(5-3-8)17-11(12)13;/h2-5,7,11H,6,14H2,1H3,(H,15,16);1H. The van der Waals surface area contributed by atoms with E-state index in [1.807, 2.05) is 0 Å². The predicted molar refractivity (Wildman–Crippen MR) is 67.2 cm³/mol. The molecule has 0 aliphatic rings. The number of amides is 1. The zero-order valence-corrected chi connectivity index (χ0v) is 10.5. The molecular formula is C11H15ClF2N2O2. The maximum absolute atomic E-state index is 11.9. The van der Waals surface area contributed by atoms with Crippen molar-refractivity contribution in [1.82, 2.24) is 0 Å². The number of alkyl halides is 2. The minimum absolute atomic E-state index is 0. The van der Waals surface area contributed by atoms with Crippen LogP contribution in [0.15, 0.2) is 24.3 Å². The lowest BCUT2D eigenvalue weighted by molar-refractivity contribution is -0.116. The van der Waals surface area contributed by atoms with E-state index in [1.165, 1.54) is 24.3 Å². The first kappa shape index (κ1) is 16.6. The Morgan fingerprint density at radius 3 is 2.39 bits per heavy atom. The van der Waals surface area contributed by atoms with Crippen LogP contribution in [0.25, 0.3) is 0 Å². The number of carbonyl (C=O) groups is 1. The van der Waals surface area contributed by atoms with Gasteiger partial charge >= 0.3 is 6.61 Å². The van der Waals surface area contributed by atoms with Crippen LogP contribution in [0.4, 0.5) is 14.5 Å². The molecule has 1 unspecified atom stereocenters.